The van der Waals surface area contributed by atoms with E-state index < -0.39 is 4.87 Å². The van der Waals surface area contributed by atoms with Crippen molar-refractivity contribution in [1.29, 1.82) is 0 Å². The van der Waals surface area contributed by atoms with Gasteiger partial charge in [0, 0.05) is 12.0 Å². The van der Waals surface area contributed by atoms with Gasteiger partial charge in [-0.15, -0.1) is 11.6 Å². The normalized spacial score (nSPS) is 23.3. The molecule has 90 valence electrons. The Balaban J connectivity index is 2.24. The van der Waals surface area contributed by atoms with Gasteiger partial charge in [-0.2, -0.15) is 0 Å². The molecular formula is C14H15ClO2. The minimum atomic E-state index is -0.875. The van der Waals surface area contributed by atoms with Gasteiger partial charge in [0.25, 0.3) is 0 Å². The van der Waals surface area contributed by atoms with Gasteiger partial charge in [0.2, 0.25) is 0 Å². The Morgan fingerprint density at radius 3 is 2.82 bits per heavy atom. The lowest BCUT2D eigenvalue weighted by Crippen LogP contribution is -2.37. The van der Waals surface area contributed by atoms with Gasteiger partial charge in [0.1, 0.15) is 10.7 Å². The first kappa shape index (κ1) is 12.3. The lowest BCUT2D eigenvalue weighted by atomic mass is 9.79. The van der Waals surface area contributed by atoms with E-state index in [0.29, 0.717) is 19.3 Å². The van der Waals surface area contributed by atoms with Crippen LogP contribution in [-0.4, -0.2) is 16.4 Å². The Morgan fingerprint density at radius 1 is 1.41 bits per heavy atom. The molecular weight excluding hydrogens is 236 g/mol. The molecule has 0 spiro atoms. The highest BCUT2D eigenvalue weighted by Gasteiger charge is 2.40. The minimum Gasteiger partial charge on any atom is -0.300 e. The van der Waals surface area contributed by atoms with Gasteiger partial charge in [0.05, 0.1) is 0 Å². The molecule has 1 aromatic rings. The van der Waals surface area contributed by atoms with Crippen LogP contribution in [-0.2, 0) is 11.2 Å². The van der Waals surface area contributed by atoms with Gasteiger partial charge in [0.15, 0.2) is 5.78 Å². The smallest absolute Gasteiger partial charge is 0.184 e. The second kappa shape index (κ2) is 4.61. The molecule has 1 aliphatic carbocycles. The molecule has 1 aliphatic rings. The fraction of sp³-hybridized carbons (Fsp3) is 0.429. The largest absolute Gasteiger partial charge is 0.300 e. The third-order valence-electron chi connectivity index (χ3n) is 3.33. The Kier molecular flexibility index (Phi) is 3.34. The Bertz CT molecular complexity index is 467. The molecule has 0 fully saturated rings. The third kappa shape index (κ3) is 2.42. The Hall–Kier alpha value is -1.15. The van der Waals surface area contributed by atoms with Crippen LogP contribution in [0.15, 0.2) is 24.3 Å². The number of carbonyl (C=O) groups excluding carboxylic acids is 2. The van der Waals surface area contributed by atoms with Gasteiger partial charge >= 0.3 is 0 Å². The van der Waals surface area contributed by atoms with Crippen LogP contribution in [0.5, 0.6) is 0 Å². The van der Waals surface area contributed by atoms with Crippen molar-refractivity contribution in [3.8, 4) is 0 Å². The molecule has 3 heteroatoms. The summed E-state index contributed by atoms with van der Waals surface area (Å²) < 4.78 is 0. The predicted molar refractivity (Wildman–Crippen MR) is 67.6 cm³/mol. The van der Waals surface area contributed by atoms with E-state index in [0.717, 1.165) is 17.5 Å². The molecule has 0 aromatic heterocycles. The number of alkyl halides is 1. The molecule has 2 nitrogen and oxygen atoms in total. The van der Waals surface area contributed by atoms with Crippen molar-refractivity contribution in [3.63, 3.8) is 0 Å². The minimum absolute atomic E-state index is 0.0257. The lowest BCUT2D eigenvalue weighted by Gasteiger charge is -2.30. The van der Waals surface area contributed by atoms with Crippen molar-refractivity contribution in [3.05, 3.63) is 35.4 Å². The number of hydrogen-bond acceptors (Lipinski definition) is 2. The molecule has 1 aromatic carbocycles. The molecule has 0 aliphatic heterocycles. The first-order valence-electron chi connectivity index (χ1n) is 5.84. The average molecular weight is 251 g/mol. The molecule has 0 heterocycles. The Labute approximate surface area is 106 Å². The van der Waals surface area contributed by atoms with Crippen LogP contribution in [0.1, 0.15) is 42.1 Å². The molecule has 1 atom stereocenters. The SMILES string of the molecule is CC(=O)CCC1(Cl)CCc2ccccc2C1=O. The van der Waals surface area contributed by atoms with Crippen molar-refractivity contribution < 1.29 is 9.59 Å². The lowest BCUT2D eigenvalue weighted by molar-refractivity contribution is -0.117. The van der Waals surface area contributed by atoms with Crippen molar-refractivity contribution in [2.24, 2.45) is 0 Å². The van der Waals surface area contributed by atoms with Gasteiger partial charge in [-0.25, -0.2) is 0 Å². The fourth-order valence-corrected chi connectivity index (χ4v) is 2.55. The number of carbonyl (C=O) groups is 2. The highest BCUT2D eigenvalue weighted by atomic mass is 35.5. The zero-order chi connectivity index (χ0) is 12.5. The second-order valence-corrected chi connectivity index (χ2v) is 5.38. The number of benzene rings is 1. The summed E-state index contributed by atoms with van der Waals surface area (Å²) in [6, 6.07) is 7.57. The molecule has 0 saturated heterocycles. The zero-order valence-corrected chi connectivity index (χ0v) is 10.6. The summed E-state index contributed by atoms with van der Waals surface area (Å²) in [5.74, 6) is 0.0546. The van der Waals surface area contributed by atoms with E-state index in [9.17, 15) is 9.59 Å². The second-order valence-electron chi connectivity index (χ2n) is 4.65. The van der Waals surface area contributed by atoms with E-state index in [1.54, 1.807) is 0 Å². The van der Waals surface area contributed by atoms with E-state index in [4.69, 9.17) is 11.6 Å². The van der Waals surface area contributed by atoms with Gasteiger partial charge in [-0.3, -0.25) is 4.79 Å². The van der Waals surface area contributed by atoms with Crippen LogP contribution in [0.4, 0.5) is 0 Å². The highest BCUT2D eigenvalue weighted by Crippen LogP contribution is 2.37. The van der Waals surface area contributed by atoms with Gasteiger partial charge in [-0.1, -0.05) is 24.3 Å². The summed E-state index contributed by atoms with van der Waals surface area (Å²) in [6.07, 6.45) is 2.25. The number of halogens is 1. The summed E-state index contributed by atoms with van der Waals surface area (Å²) in [5.41, 5.74) is 1.79. The monoisotopic (exact) mass is 250 g/mol. The Morgan fingerprint density at radius 2 is 2.12 bits per heavy atom. The molecule has 2 rings (SSSR count). The molecule has 0 bridgehead atoms. The molecule has 17 heavy (non-hydrogen) atoms. The van der Waals surface area contributed by atoms with E-state index >= 15 is 0 Å². The topological polar surface area (TPSA) is 34.1 Å². The predicted octanol–water partition coefficient (Wildman–Crippen LogP) is 3.16. The number of hydrogen-bond donors (Lipinski definition) is 0. The van der Waals surface area contributed by atoms with Gasteiger partial charge in [-0.05, 0) is 31.7 Å². The zero-order valence-electron chi connectivity index (χ0n) is 9.83. The van der Waals surface area contributed by atoms with Crippen LogP contribution in [0.3, 0.4) is 0 Å². The van der Waals surface area contributed by atoms with Crippen molar-refractivity contribution in [2.75, 3.05) is 0 Å². The quantitative estimate of drug-likeness (QED) is 0.773. The summed E-state index contributed by atoms with van der Waals surface area (Å²) >= 11 is 6.40. The maximum absolute atomic E-state index is 12.3. The van der Waals surface area contributed by atoms with Crippen LogP contribution >= 0.6 is 11.6 Å². The van der Waals surface area contributed by atoms with E-state index in [-0.39, 0.29) is 11.6 Å². The molecule has 0 saturated carbocycles. The van der Waals surface area contributed by atoms with Crippen LogP contribution in [0.25, 0.3) is 0 Å². The van der Waals surface area contributed by atoms with Crippen molar-refractivity contribution in [2.45, 2.75) is 37.5 Å². The molecule has 1 unspecified atom stereocenters. The summed E-state index contributed by atoms with van der Waals surface area (Å²) in [4.78, 5) is 22.4. The molecule has 0 N–H and O–H groups in total. The molecule has 0 radical (unpaired) electrons. The van der Waals surface area contributed by atoms with Crippen LogP contribution < -0.4 is 0 Å². The van der Waals surface area contributed by atoms with E-state index in [1.807, 2.05) is 24.3 Å². The fourth-order valence-electron chi connectivity index (χ4n) is 2.26. The van der Waals surface area contributed by atoms with Crippen molar-refractivity contribution >= 4 is 23.2 Å². The number of rotatable bonds is 3. The summed E-state index contributed by atoms with van der Waals surface area (Å²) in [6.45, 7) is 1.53. The van der Waals surface area contributed by atoms with Crippen LogP contribution in [0, 0.1) is 0 Å². The summed E-state index contributed by atoms with van der Waals surface area (Å²) in [5, 5.41) is 0. The maximum Gasteiger partial charge on any atom is 0.184 e. The van der Waals surface area contributed by atoms with Gasteiger partial charge < -0.3 is 4.79 Å². The highest BCUT2D eigenvalue weighted by molar-refractivity contribution is 6.38. The third-order valence-corrected chi connectivity index (χ3v) is 3.88. The number of fused-ring (bicyclic) bond motifs is 1. The van der Waals surface area contributed by atoms with E-state index in [1.165, 1.54) is 6.92 Å². The van der Waals surface area contributed by atoms with E-state index in [2.05, 4.69) is 0 Å². The average Bonchev–Trinajstić information content (AvgIpc) is 2.32. The number of aryl methyl sites for hydroxylation is 1. The van der Waals surface area contributed by atoms with Crippen LogP contribution in [0.2, 0.25) is 0 Å². The first-order valence-corrected chi connectivity index (χ1v) is 6.22. The summed E-state index contributed by atoms with van der Waals surface area (Å²) in [7, 11) is 0. The number of Topliss-reactive ketones (excluding diaryl/α,β-unsaturated/α-hetero) is 2. The first-order chi connectivity index (χ1) is 8.03. The van der Waals surface area contributed by atoms with Crippen molar-refractivity contribution in [1.82, 2.24) is 0 Å². The standard InChI is InChI=1S/C14H15ClO2/c1-10(16)6-8-14(15)9-7-11-4-2-3-5-12(11)13(14)17/h2-5H,6-9H2,1H3. The number of ketones is 2. The molecule has 0 amide bonds. The maximum atomic E-state index is 12.3.